The first kappa shape index (κ1) is 16.3. The van der Waals surface area contributed by atoms with Crippen LogP contribution in [-0.2, 0) is 0 Å². The molecule has 0 aromatic carbocycles. The Morgan fingerprint density at radius 2 is 1.31 bits per heavy atom. The molecule has 1 unspecified atom stereocenters. The molecule has 0 radical (unpaired) electrons. The minimum Gasteiger partial charge on any atom is -0.379 e. The molecule has 1 atom stereocenters. The van der Waals surface area contributed by atoms with Gasteiger partial charge in [0.05, 0.1) is 0 Å². The minimum absolute atomic E-state index is 0.0977. The van der Waals surface area contributed by atoms with Crippen LogP contribution < -0.4 is 0 Å². The van der Waals surface area contributed by atoms with Crippen LogP contribution >= 0.6 is 12.6 Å². The average molecular weight is 246 g/mol. The van der Waals surface area contributed by atoms with Gasteiger partial charge in [0.25, 0.3) is 0 Å². The lowest BCUT2D eigenvalue weighted by Gasteiger charge is -2.36. The third-order valence-electron chi connectivity index (χ3n) is 3.69. The van der Waals surface area contributed by atoms with E-state index in [2.05, 4.69) is 33.4 Å². The smallest absolute Gasteiger partial charge is 0.109 e. The first-order valence-electron chi connectivity index (χ1n) is 6.76. The standard InChI is InChI=1S/C14H30OS/c1-5-6-7-8-9-10-11-12-13(2,3)14(4,15)16/h15-16H,5-12H2,1-4H3. The molecule has 0 spiro atoms. The molecule has 2 heteroatoms. The van der Waals surface area contributed by atoms with Crippen LogP contribution in [0.2, 0.25) is 0 Å². The molecule has 0 aliphatic carbocycles. The van der Waals surface area contributed by atoms with Crippen LogP contribution in [0.15, 0.2) is 0 Å². The summed E-state index contributed by atoms with van der Waals surface area (Å²) >= 11 is 4.26. The summed E-state index contributed by atoms with van der Waals surface area (Å²) in [6, 6.07) is 0. The molecule has 1 nitrogen and oxygen atoms in total. The molecule has 0 aromatic rings. The predicted molar refractivity (Wildman–Crippen MR) is 76.0 cm³/mol. The van der Waals surface area contributed by atoms with Crippen molar-refractivity contribution in [2.45, 2.75) is 84.0 Å². The first-order chi connectivity index (χ1) is 7.31. The van der Waals surface area contributed by atoms with Gasteiger partial charge in [0.2, 0.25) is 0 Å². The van der Waals surface area contributed by atoms with Crippen molar-refractivity contribution in [3.8, 4) is 0 Å². The van der Waals surface area contributed by atoms with Gasteiger partial charge < -0.3 is 5.11 Å². The Morgan fingerprint density at radius 3 is 1.75 bits per heavy atom. The summed E-state index contributed by atoms with van der Waals surface area (Å²) in [7, 11) is 0. The van der Waals surface area contributed by atoms with E-state index in [1.54, 1.807) is 6.92 Å². The number of thiol groups is 1. The molecule has 16 heavy (non-hydrogen) atoms. The van der Waals surface area contributed by atoms with Crippen molar-refractivity contribution in [3.63, 3.8) is 0 Å². The van der Waals surface area contributed by atoms with Crippen molar-refractivity contribution < 1.29 is 5.11 Å². The summed E-state index contributed by atoms with van der Waals surface area (Å²) in [5, 5.41) is 9.88. The Balaban J connectivity index is 3.51. The molecule has 1 N–H and O–H groups in total. The number of aliphatic hydroxyl groups is 1. The van der Waals surface area contributed by atoms with Crippen molar-refractivity contribution >= 4 is 12.6 Å². The maximum atomic E-state index is 9.88. The Kier molecular flexibility index (Phi) is 7.75. The maximum absolute atomic E-state index is 9.88. The fraction of sp³-hybridized carbons (Fsp3) is 1.00. The third kappa shape index (κ3) is 6.80. The van der Waals surface area contributed by atoms with Gasteiger partial charge in [0.1, 0.15) is 4.93 Å². The van der Waals surface area contributed by atoms with Gasteiger partial charge >= 0.3 is 0 Å². The van der Waals surface area contributed by atoms with E-state index in [0.717, 1.165) is 6.42 Å². The van der Waals surface area contributed by atoms with Crippen LogP contribution in [0.3, 0.4) is 0 Å². The van der Waals surface area contributed by atoms with Crippen molar-refractivity contribution in [2.75, 3.05) is 0 Å². The van der Waals surface area contributed by atoms with Crippen LogP contribution in [0, 0.1) is 5.41 Å². The van der Waals surface area contributed by atoms with E-state index in [9.17, 15) is 5.11 Å². The average Bonchev–Trinajstić information content (AvgIpc) is 2.14. The van der Waals surface area contributed by atoms with Gasteiger partial charge in [-0.15, -0.1) is 12.6 Å². The van der Waals surface area contributed by atoms with E-state index >= 15 is 0 Å². The normalized spacial score (nSPS) is 16.1. The minimum atomic E-state index is -0.866. The van der Waals surface area contributed by atoms with E-state index in [1.165, 1.54) is 44.9 Å². The zero-order valence-corrected chi connectivity index (χ0v) is 12.4. The van der Waals surface area contributed by atoms with Crippen LogP contribution in [0.5, 0.6) is 0 Å². The number of hydrogen-bond acceptors (Lipinski definition) is 2. The van der Waals surface area contributed by atoms with Gasteiger partial charge in [0, 0.05) is 5.41 Å². The van der Waals surface area contributed by atoms with Crippen LogP contribution in [-0.4, -0.2) is 10.0 Å². The van der Waals surface area contributed by atoms with Crippen molar-refractivity contribution in [2.24, 2.45) is 5.41 Å². The quantitative estimate of drug-likeness (QED) is 0.340. The second-order valence-electron chi connectivity index (χ2n) is 5.78. The zero-order valence-electron chi connectivity index (χ0n) is 11.6. The van der Waals surface area contributed by atoms with E-state index in [0.29, 0.717) is 0 Å². The molecule has 0 aliphatic heterocycles. The van der Waals surface area contributed by atoms with Crippen molar-refractivity contribution in [3.05, 3.63) is 0 Å². The van der Waals surface area contributed by atoms with Gasteiger partial charge in [-0.1, -0.05) is 65.7 Å². The lowest BCUT2D eigenvalue weighted by molar-refractivity contribution is 0.0269. The zero-order chi connectivity index (χ0) is 12.7. The molecule has 0 amide bonds. The van der Waals surface area contributed by atoms with Gasteiger partial charge in [-0.3, -0.25) is 0 Å². The lowest BCUT2D eigenvalue weighted by atomic mass is 9.81. The highest BCUT2D eigenvalue weighted by molar-refractivity contribution is 7.81. The van der Waals surface area contributed by atoms with Gasteiger partial charge in [-0.05, 0) is 13.3 Å². The predicted octanol–water partition coefficient (Wildman–Crippen LogP) is 4.79. The molecular formula is C14H30OS. The second-order valence-corrected chi connectivity index (χ2v) is 6.65. The molecule has 0 saturated heterocycles. The third-order valence-corrected chi connectivity index (χ3v) is 4.29. The summed E-state index contributed by atoms with van der Waals surface area (Å²) < 4.78 is 0. The van der Waals surface area contributed by atoms with Crippen molar-refractivity contribution in [1.29, 1.82) is 0 Å². The highest BCUT2D eigenvalue weighted by atomic mass is 32.1. The second kappa shape index (κ2) is 7.60. The van der Waals surface area contributed by atoms with Gasteiger partial charge in [-0.25, -0.2) is 0 Å². The van der Waals surface area contributed by atoms with E-state index in [-0.39, 0.29) is 5.41 Å². The fourth-order valence-electron chi connectivity index (χ4n) is 1.76. The highest BCUT2D eigenvalue weighted by Gasteiger charge is 2.35. The Bertz CT molecular complexity index is 170. The molecule has 0 fully saturated rings. The Hall–Kier alpha value is 0.310. The van der Waals surface area contributed by atoms with E-state index in [4.69, 9.17) is 0 Å². The summed E-state index contributed by atoms with van der Waals surface area (Å²) in [6.07, 6.45) is 10.3. The van der Waals surface area contributed by atoms with Crippen LogP contribution in [0.4, 0.5) is 0 Å². The maximum Gasteiger partial charge on any atom is 0.109 e. The largest absolute Gasteiger partial charge is 0.379 e. The Labute approximate surface area is 107 Å². The Morgan fingerprint density at radius 1 is 0.875 bits per heavy atom. The highest BCUT2D eigenvalue weighted by Crippen LogP contribution is 2.38. The van der Waals surface area contributed by atoms with Gasteiger partial charge in [0.15, 0.2) is 0 Å². The molecule has 0 saturated carbocycles. The molecule has 0 bridgehead atoms. The molecule has 98 valence electrons. The van der Waals surface area contributed by atoms with Crippen LogP contribution in [0.25, 0.3) is 0 Å². The molecule has 0 aromatic heterocycles. The summed E-state index contributed by atoms with van der Waals surface area (Å²) in [4.78, 5) is -0.866. The van der Waals surface area contributed by atoms with Gasteiger partial charge in [-0.2, -0.15) is 0 Å². The summed E-state index contributed by atoms with van der Waals surface area (Å²) in [5.74, 6) is 0. The van der Waals surface area contributed by atoms with E-state index < -0.39 is 4.93 Å². The van der Waals surface area contributed by atoms with E-state index in [1.807, 2.05) is 0 Å². The number of rotatable bonds is 9. The molecular weight excluding hydrogens is 216 g/mol. The van der Waals surface area contributed by atoms with Crippen molar-refractivity contribution in [1.82, 2.24) is 0 Å². The lowest BCUT2D eigenvalue weighted by Crippen LogP contribution is -2.36. The molecule has 0 aliphatic rings. The van der Waals surface area contributed by atoms with Crippen LogP contribution in [0.1, 0.15) is 79.1 Å². The monoisotopic (exact) mass is 246 g/mol. The number of unbranched alkanes of at least 4 members (excludes halogenated alkanes) is 6. The molecule has 0 heterocycles. The summed E-state index contributed by atoms with van der Waals surface area (Å²) in [5.41, 5.74) is -0.0977. The topological polar surface area (TPSA) is 20.2 Å². The first-order valence-corrected chi connectivity index (χ1v) is 7.21. The summed E-state index contributed by atoms with van der Waals surface area (Å²) in [6.45, 7) is 8.23. The molecule has 0 rings (SSSR count). The number of hydrogen-bond donors (Lipinski definition) is 2. The fourth-order valence-corrected chi connectivity index (χ4v) is 1.87. The SMILES string of the molecule is CCCCCCCCCC(C)(C)C(C)(O)S.